The molecule has 0 amide bonds. The van der Waals surface area contributed by atoms with Gasteiger partial charge in [-0.05, 0) is 31.4 Å². The Balaban J connectivity index is 0.00000225. The lowest BCUT2D eigenvalue weighted by molar-refractivity contribution is 0.527. The lowest BCUT2D eigenvalue weighted by atomic mass is 10.1. The highest BCUT2D eigenvalue weighted by atomic mass is 35.5. The summed E-state index contributed by atoms with van der Waals surface area (Å²) in [5, 5.41) is 3.98. The lowest BCUT2D eigenvalue weighted by Gasteiger charge is -2.07. The molecule has 16 heavy (non-hydrogen) atoms. The summed E-state index contributed by atoms with van der Waals surface area (Å²) in [7, 11) is 0. The topological polar surface area (TPSA) is 24.9 Å². The van der Waals surface area contributed by atoms with E-state index < -0.39 is 0 Å². The van der Waals surface area contributed by atoms with E-state index in [0.717, 1.165) is 24.6 Å². The number of nitrogens with zero attached hydrogens (tertiary/aromatic N) is 1. The molecule has 0 aliphatic carbocycles. The van der Waals surface area contributed by atoms with Crippen LogP contribution in [-0.2, 0) is 6.54 Å². The molecule has 1 rings (SSSR count). The summed E-state index contributed by atoms with van der Waals surface area (Å²) < 4.78 is 0. The van der Waals surface area contributed by atoms with Crippen molar-refractivity contribution in [2.45, 2.75) is 33.2 Å². The van der Waals surface area contributed by atoms with Crippen molar-refractivity contribution in [3.8, 4) is 0 Å². The molecule has 0 fully saturated rings. The second-order valence-electron chi connectivity index (χ2n) is 4.17. The van der Waals surface area contributed by atoms with Crippen molar-refractivity contribution in [3.63, 3.8) is 0 Å². The second kappa shape index (κ2) is 8.80. The molecular weight excluding hydrogens is 243 g/mol. The molecule has 0 aromatic carbocycles. The monoisotopic (exact) mass is 262 g/mol. The highest BCUT2D eigenvalue weighted by Crippen LogP contribution is 2.10. The average molecular weight is 263 g/mol. The summed E-state index contributed by atoms with van der Waals surface area (Å²) in [5.74, 6) is 0.786. The Hall–Kier alpha value is -0.310. The highest BCUT2D eigenvalue weighted by molar-refractivity contribution is 6.30. The Morgan fingerprint density at radius 3 is 2.81 bits per heavy atom. The molecule has 0 radical (unpaired) electrons. The van der Waals surface area contributed by atoms with Gasteiger partial charge in [0.15, 0.2) is 0 Å². The molecule has 0 aliphatic heterocycles. The Morgan fingerprint density at radius 1 is 1.44 bits per heavy atom. The van der Waals surface area contributed by atoms with Crippen LogP contribution in [0.2, 0.25) is 5.15 Å². The van der Waals surface area contributed by atoms with Crippen molar-refractivity contribution in [1.29, 1.82) is 0 Å². The molecule has 0 spiro atoms. The van der Waals surface area contributed by atoms with Crippen LogP contribution in [0.4, 0.5) is 0 Å². The van der Waals surface area contributed by atoms with E-state index in [1.54, 1.807) is 6.20 Å². The number of halogens is 2. The van der Waals surface area contributed by atoms with Gasteiger partial charge in [-0.25, -0.2) is 4.98 Å². The first-order chi connectivity index (χ1) is 7.20. The van der Waals surface area contributed by atoms with E-state index in [9.17, 15) is 0 Å². The summed E-state index contributed by atoms with van der Waals surface area (Å²) >= 11 is 5.94. The predicted octanol–water partition coefficient (Wildman–Crippen LogP) is 3.68. The van der Waals surface area contributed by atoms with Crippen LogP contribution >= 0.6 is 24.0 Å². The molecule has 1 heterocycles. The quantitative estimate of drug-likeness (QED) is 0.625. The minimum atomic E-state index is 0. The number of nitrogens with one attached hydrogen (secondary N) is 1. The summed E-state index contributed by atoms with van der Waals surface area (Å²) in [6.07, 6.45) is 4.20. The fraction of sp³-hybridized carbons (Fsp3) is 0.583. The van der Waals surface area contributed by atoms with Crippen LogP contribution in [-0.4, -0.2) is 11.5 Å². The largest absolute Gasteiger partial charge is 0.313 e. The van der Waals surface area contributed by atoms with Gasteiger partial charge in [0, 0.05) is 18.3 Å². The minimum Gasteiger partial charge on any atom is -0.313 e. The van der Waals surface area contributed by atoms with Gasteiger partial charge in [0.25, 0.3) is 0 Å². The fourth-order valence-corrected chi connectivity index (χ4v) is 1.60. The van der Waals surface area contributed by atoms with Crippen molar-refractivity contribution < 1.29 is 0 Å². The molecule has 4 heteroatoms. The van der Waals surface area contributed by atoms with Gasteiger partial charge in [-0.2, -0.15) is 0 Å². The van der Waals surface area contributed by atoms with E-state index in [0.29, 0.717) is 5.15 Å². The summed E-state index contributed by atoms with van der Waals surface area (Å²) in [6.45, 7) is 6.35. The first kappa shape index (κ1) is 15.7. The zero-order chi connectivity index (χ0) is 11.1. The van der Waals surface area contributed by atoms with Gasteiger partial charge >= 0.3 is 0 Å². The maximum Gasteiger partial charge on any atom is 0.133 e. The summed E-state index contributed by atoms with van der Waals surface area (Å²) in [6, 6.07) is 3.92. The van der Waals surface area contributed by atoms with Crippen LogP contribution in [0.1, 0.15) is 32.3 Å². The standard InChI is InChI=1S/C12H19ClN2.ClH/c1-10(2)5-3-7-14-9-11-6-4-8-15-12(11)13;/h4,6,8,10,14H,3,5,7,9H2,1-2H3;1H. The third kappa shape index (κ3) is 6.31. The molecule has 92 valence electrons. The second-order valence-corrected chi connectivity index (χ2v) is 4.52. The zero-order valence-electron chi connectivity index (χ0n) is 9.87. The van der Waals surface area contributed by atoms with Gasteiger partial charge in [-0.15, -0.1) is 12.4 Å². The van der Waals surface area contributed by atoms with Crippen LogP contribution in [0.25, 0.3) is 0 Å². The first-order valence-electron chi connectivity index (χ1n) is 5.50. The van der Waals surface area contributed by atoms with Crippen LogP contribution in [0.5, 0.6) is 0 Å². The summed E-state index contributed by atoms with van der Waals surface area (Å²) in [4.78, 5) is 4.03. The Morgan fingerprint density at radius 2 is 2.19 bits per heavy atom. The van der Waals surface area contributed by atoms with Crippen molar-refractivity contribution in [2.24, 2.45) is 5.92 Å². The van der Waals surface area contributed by atoms with Crippen LogP contribution < -0.4 is 5.32 Å². The normalized spacial score (nSPS) is 10.2. The average Bonchev–Trinajstić information content (AvgIpc) is 2.20. The van der Waals surface area contributed by atoms with E-state index in [1.807, 2.05) is 12.1 Å². The van der Waals surface area contributed by atoms with Crippen molar-refractivity contribution in [1.82, 2.24) is 10.3 Å². The maximum atomic E-state index is 5.94. The molecule has 1 aromatic rings. The van der Waals surface area contributed by atoms with E-state index >= 15 is 0 Å². The highest BCUT2D eigenvalue weighted by Gasteiger charge is 1.99. The van der Waals surface area contributed by atoms with Crippen molar-refractivity contribution in [3.05, 3.63) is 29.0 Å². The fourth-order valence-electron chi connectivity index (χ4n) is 1.41. The van der Waals surface area contributed by atoms with Crippen LogP contribution in [0, 0.1) is 5.92 Å². The third-order valence-electron chi connectivity index (χ3n) is 2.29. The van der Waals surface area contributed by atoms with Gasteiger partial charge in [-0.1, -0.05) is 31.5 Å². The lowest BCUT2D eigenvalue weighted by Crippen LogP contribution is -2.15. The number of aromatic nitrogens is 1. The van der Waals surface area contributed by atoms with Crippen molar-refractivity contribution >= 4 is 24.0 Å². The predicted molar refractivity (Wildman–Crippen MR) is 72.3 cm³/mol. The Labute approximate surface area is 109 Å². The molecular formula is C12H20Cl2N2. The molecule has 0 unspecified atom stereocenters. The van der Waals surface area contributed by atoms with Gasteiger partial charge < -0.3 is 5.32 Å². The Kier molecular flexibility index (Phi) is 8.63. The van der Waals surface area contributed by atoms with Crippen molar-refractivity contribution in [2.75, 3.05) is 6.54 Å². The maximum absolute atomic E-state index is 5.94. The third-order valence-corrected chi connectivity index (χ3v) is 2.63. The number of pyridine rings is 1. The van der Waals surface area contributed by atoms with Gasteiger partial charge in [0.05, 0.1) is 0 Å². The van der Waals surface area contributed by atoms with Gasteiger partial charge in [-0.3, -0.25) is 0 Å². The van der Waals surface area contributed by atoms with Crippen LogP contribution in [0.15, 0.2) is 18.3 Å². The van der Waals surface area contributed by atoms with E-state index in [4.69, 9.17) is 11.6 Å². The molecule has 1 aromatic heterocycles. The molecule has 1 N–H and O–H groups in total. The van der Waals surface area contributed by atoms with E-state index in [1.165, 1.54) is 12.8 Å². The number of rotatable bonds is 6. The van der Waals surface area contributed by atoms with E-state index in [2.05, 4.69) is 24.1 Å². The first-order valence-corrected chi connectivity index (χ1v) is 5.88. The SMILES string of the molecule is CC(C)CCCNCc1cccnc1Cl.Cl. The zero-order valence-corrected chi connectivity index (χ0v) is 11.4. The number of hydrogen-bond donors (Lipinski definition) is 1. The molecule has 0 bridgehead atoms. The molecule has 0 atom stereocenters. The molecule has 0 saturated heterocycles. The molecule has 0 saturated carbocycles. The summed E-state index contributed by atoms with van der Waals surface area (Å²) in [5.41, 5.74) is 1.07. The molecule has 2 nitrogen and oxygen atoms in total. The number of hydrogen-bond acceptors (Lipinski definition) is 2. The minimum absolute atomic E-state index is 0. The molecule has 0 aliphatic rings. The van der Waals surface area contributed by atoms with E-state index in [-0.39, 0.29) is 12.4 Å². The van der Waals surface area contributed by atoms with Crippen LogP contribution in [0.3, 0.4) is 0 Å². The van der Waals surface area contributed by atoms with Gasteiger partial charge in [0.1, 0.15) is 5.15 Å². The Bertz CT molecular complexity index is 290. The van der Waals surface area contributed by atoms with Gasteiger partial charge in [0.2, 0.25) is 0 Å². The smallest absolute Gasteiger partial charge is 0.133 e.